The highest BCUT2D eigenvalue weighted by Gasteiger charge is 2.16. The summed E-state index contributed by atoms with van der Waals surface area (Å²) in [4.78, 5) is 33.6. The highest BCUT2D eigenvalue weighted by Crippen LogP contribution is 2.20. The Kier molecular flexibility index (Phi) is 4.85. The Morgan fingerprint density at radius 3 is 2.86 bits per heavy atom. The summed E-state index contributed by atoms with van der Waals surface area (Å²) < 4.78 is 14.5. The first kappa shape index (κ1) is 17.9. The topological polar surface area (TPSA) is 106 Å². The van der Waals surface area contributed by atoms with Gasteiger partial charge >= 0.3 is 0 Å². The van der Waals surface area contributed by atoms with E-state index >= 15 is 0 Å². The number of amides is 1. The molecule has 2 aromatic carbocycles. The van der Waals surface area contributed by atoms with E-state index in [1.807, 2.05) is 0 Å². The van der Waals surface area contributed by atoms with Crippen LogP contribution in [-0.2, 0) is 4.79 Å². The number of benzene rings is 2. The molecule has 2 aromatic heterocycles. The number of aromatic amines is 1. The number of fused-ring (bicyclic) bond motifs is 1. The van der Waals surface area contributed by atoms with E-state index in [-0.39, 0.29) is 28.3 Å². The quantitative estimate of drug-likeness (QED) is 0.396. The largest absolute Gasteiger partial charge is 0.325 e. The summed E-state index contributed by atoms with van der Waals surface area (Å²) in [6, 6.07) is 12.5. The van der Waals surface area contributed by atoms with Crippen LogP contribution in [0.1, 0.15) is 0 Å². The normalized spacial score (nSPS) is 10.9. The van der Waals surface area contributed by atoms with E-state index in [9.17, 15) is 14.0 Å². The lowest BCUT2D eigenvalue weighted by Crippen LogP contribution is -2.23. The molecule has 4 rings (SSSR count). The smallest absolute Gasteiger partial charge is 0.269 e. The Morgan fingerprint density at radius 2 is 2.07 bits per heavy atom. The zero-order valence-corrected chi connectivity index (χ0v) is 15.1. The number of H-pyrrole nitrogens is 1. The van der Waals surface area contributed by atoms with E-state index in [0.29, 0.717) is 16.6 Å². The van der Waals surface area contributed by atoms with Crippen LogP contribution in [0.15, 0.2) is 64.8 Å². The lowest BCUT2D eigenvalue weighted by atomic mass is 10.2. The number of hydrogen-bond acceptors (Lipinski definition) is 6. The molecule has 0 unspecified atom stereocenters. The number of hydrogen-bond donors (Lipinski definition) is 2. The van der Waals surface area contributed by atoms with Crippen LogP contribution in [0.2, 0.25) is 0 Å². The average Bonchev–Trinajstić information content (AvgIpc) is 3.21. The fraction of sp³-hybridized carbons (Fsp3) is 0.0556. The summed E-state index contributed by atoms with van der Waals surface area (Å²) in [5.41, 5.74) is 0.538. The number of halogens is 1. The highest BCUT2D eigenvalue weighted by molar-refractivity contribution is 7.99. The maximum absolute atomic E-state index is 13.3. The van der Waals surface area contributed by atoms with Crippen LogP contribution in [0, 0.1) is 5.82 Å². The minimum atomic E-state index is -0.444. The number of anilines is 1. The third-order valence-corrected chi connectivity index (χ3v) is 4.74. The summed E-state index contributed by atoms with van der Waals surface area (Å²) >= 11 is 1.06. The molecule has 10 heteroatoms. The van der Waals surface area contributed by atoms with Gasteiger partial charge in [0.1, 0.15) is 12.1 Å². The molecule has 8 nitrogen and oxygen atoms in total. The van der Waals surface area contributed by atoms with Crippen LogP contribution in [-0.4, -0.2) is 36.4 Å². The summed E-state index contributed by atoms with van der Waals surface area (Å²) in [6.07, 6.45) is 1.28. The first-order valence-electron chi connectivity index (χ1n) is 8.17. The number of carbonyl (C=O) groups is 1. The van der Waals surface area contributed by atoms with Crippen molar-refractivity contribution in [2.45, 2.75) is 5.16 Å². The Morgan fingerprint density at radius 1 is 1.21 bits per heavy atom. The van der Waals surface area contributed by atoms with Crippen molar-refractivity contribution in [1.82, 2.24) is 24.7 Å². The maximum atomic E-state index is 13.3. The highest BCUT2D eigenvalue weighted by atomic mass is 32.2. The van der Waals surface area contributed by atoms with Gasteiger partial charge in [-0.2, -0.15) is 10.1 Å². The Balaban J connectivity index is 1.63. The van der Waals surface area contributed by atoms with E-state index in [4.69, 9.17) is 0 Å². The summed E-state index contributed by atoms with van der Waals surface area (Å²) in [7, 11) is 0. The zero-order chi connectivity index (χ0) is 19.5. The molecule has 2 heterocycles. The van der Waals surface area contributed by atoms with Gasteiger partial charge in [0, 0.05) is 5.69 Å². The molecule has 0 atom stereocenters. The molecule has 0 aliphatic heterocycles. The van der Waals surface area contributed by atoms with Gasteiger partial charge < -0.3 is 5.32 Å². The predicted octanol–water partition coefficient (Wildman–Crippen LogP) is 2.37. The number of rotatable bonds is 5. The molecular formula is C18H13FN6O2S. The Bertz CT molecular complexity index is 1210. The van der Waals surface area contributed by atoms with Gasteiger partial charge in [-0.25, -0.2) is 19.0 Å². The number of para-hydroxylation sites is 1. The molecule has 0 spiro atoms. The Hall–Kier alpha value is -3.53. The average molecular weight is 396 g/mol. The van der Waals surface area contributed by atoms with Gasteiger partial charge in [0.25, 0.3) is 5.56 Å². The standard InChI is InChI=1S/C18H13FN6O2S/c19-11-4-3-5-12(8-11)22-15(26)9-28-18-23-14-7-2-1-6-13(14)16(27)25(18)17-20-10-21-24-17/h1-8,10H,9H2,(H,22,26)(H,20,21,24). The van der Waals surface area contributed by atoms with E-state index in [1.165, 1.54) is 29.1 Å². The molecule has 0 aliphatic carbocycles. The van der Waals surface area contributed by atoms with Crippen LogP contribution in [0.25, 0.3) is 16.9 Å². The van der Waals surface area contributed by atoms with Crippen molar-refractivity contribution in [3.63, 3.8) is 0 Å². The van der Waals surface area contributed by atoms with Crippen LogP contribution < -0.4 is 10.9 Å². The van der Waals surface area contributed by atoms with Crippen LogP contribution >= 0.6 is 11.8 Å². The molecule has 0 bridgehead atoms. The minimum absolute atomic E-state index is 0.0323. The lowest BCUT2D eigenvalue weighted by Gasteiger charge is -2.10. The van der Waals surface area contributed by atoms with Crippen molar-refractivity contribution >= 4 is 34.3 Å². The molecule has 28 heavy (non-hydrogen) atoms. The van der Waals surface area contributed by atoms with Crippen molar-refractivity contribution in [1.29, 1.82) is 0 Å². The number of aromatic nitrogens is 5. The van der Waals surface area contributed by atoms with Crippen LogP contribution in [0.4, 0.5) is 10.1 Å². The molecule has 2 N–H and O–H groups in total. The van der Waals surface area contributed by atoms with Gasteiger partial charge in [-0.1, -0.05) is 30.0 Å². The number of nitrogens with zero attached hydrogens (tertiary/aromatic N) is 4. The SMILES string of the molecule is O=C(CSc1nc2ccccc2c(=O)n1-c1ncn[nH]1)Nc1cccc(F)c1. The molecule has 0 saturated heterocycles. The maximum Gasteiger partial charge on any atom is 0.269 e. The molecule has 0 radical (unpaired) electrons. The fourth-order valence-corrected chi connectivity index (χ4v) is 3.39. The molecule has 140 valence electrons. The van der Waals surface area contributed by atoms with E-state index in [2.05, 4.69) is 25.5 Å². The first-order chi connectivity index (χ1) is 13.6. The fourth-order valence-electron chi connectivity index (χ4n) is 2.60. The second kappa shape index (κ2) is 7.61. The third kappa shape index (κ3) is 3.62. The molecular weight excluding hydrogens is 383 g/mol. The van der Waals surface area contributed by atoms with Gasteiger partial charge in [0.15, 0.2) is 5.16 Å². The van der Waals surface area contributed by atoms with Crippen LogP contribution in [0.3, 0.4) is 0 Å². The lowest BCUT2D eigenvalue weighted by molar-refractivity contribution is -0.113. The van der Waals surface area contributed by atoms with Gasteiger partial charge in [-0.3, -0.25) is 9.59 Å². The van der Waals surface area contributed by atoms with Crippen molar-refractivity contribution in [3.8, 4) is 5.95 Å². The molecule has 0 fully saturated rings. The van der Waals surface area contributed by atoms with E-state index in [0.717, 1.165) is 11.8 Å². The predicted molar refractivity (Wildman–Crippen MR) is 103 cm³/mol. The van der Waals surface area contributed by atoms with Gasteiger partial charge in [0.05, 0.1) is 16.7 Å². The van der Waals surface area contributed by atoms with Gasteiger partial charge in [-0.05, 0) is 30.3 Å². The van der Waals surface area contributed by atoms with E-state index in [1.54, 1.807) is 30.3 Å². The number of carbonyl (C=O) groups excluding carboxylic acids is 1. The third-order valence-electron chi connectivity index (χ3n) is 3.80. The van der Waals surface area contributed by atoms with Crippen molar-refractivity contribution in [2.75, 3.05) is 11.1 Å². The van der Waals surface area contributed by atoms with E-state index < -0.39 is 5.82 Å². The summed E-state index contributed by atoms with van der Waals surface area (Å²) in [5, 5.41) is 9.73. The van der Waals surface area contributed by atoms with Gasteiger partial charge in [-0.15, -0.1) is 0 Å². The second-order valence-electron chi connectivity index (χ2n) is 5.71. The summed E-state index contributed by atoms with van der Waals surface area (Å²) in [5.74, 6) is -0.630. The number of nitrogens with one attached hydrogen (secondary N) is 2. The van der Waals surface area contributed by atoms with Crippen LogP contribution in [0.5, 0.6) is 0 Å². The monoisotopic (exact) mass is 396 g/mol. The van der Waals surface area contributed by atoms with Gasteiger partial charge in [0.2, 0.25) is 11.9 Å². The number of thioether (sulfide) groups is 1. The molecule has 0 saturated carbocycles. The van der Waals surface area contributed by atoms with Crippen molar-refractivity contribution < 1.29 is 9.18 Å². The summed E-state index contributed by atoms with van der Waals surface area (Å²) in [6.45, 7) is 0. The van der Waals surface area contributed by atoms with Crippen molar-refractivity contribution in [3.05, 3.63) is 71.0 Å². The Labute approximate surface area is 161 Å². The molecule has 1 amide bonds. The minimum Gasteiger partial charge on any atom is -0.325 e. The van der Waals surface area contributed by atoms with Crippen molar-refractivity contribution in [2.24, 2.45) is 0 Å². The molecule has 4 aromatic rings. The zero-order valence-electron chi connectivity index (χ0n) is 14.3. The molecule has 0 aliphatic rings. The second-order valence-corrected chi connectivity index (χ2v) is 6.65. The first-order valence-corrected chi connectivity index (χ1v) is 9.16.